The number of aromatic nitrogens is 2. The molecule has 24 heavy (non-hydrogen) atoms. The van der Waals surface area contributed by atoms with Crippen LogP contribution >= 0.6 is 0 Å². The van der Waals surface area contributed by atoms with E-state index in [1.165, 1.54) is 6.07 Å². The molecule has 4 nitrogen and oxygen atoms in total. The fourth-order valence-electron chi connectivity index (χ4n) is 2.41. The Balaban J connectivity index is 1.75. The van der Waals surface area contributed by atoms with E-state index >= 15 is 0 Å². The Kier molecular flexibility index (Phi) is 4.42. The Morgan fingerprint density at radius 2 is 1.83 bits per heavy atom. The van der Waals surface area contributed by atoms with Crippen LogP contribution in [-0.2, 0) is 6.54 Å². The number of nitrogens with zero attached hydrogens (tertiary/aromatic N) is 2. The van der Waals surface area contributed by atoms with Gasteiger partial charge in [-0.25, -0.2) is 4.39 Å². The van der Waals surface area contributed by atoms with Crippen LogP contribution in [0.2, 0.25) is 0 Å². The molecule has 0 aliphatic heterocycles. The smallest absolute Gasteiger partial charge is 0.256 e. The zero-order valence-corrected chi connectivity index (χ0v) is 13.6. The van der Waals surface area contributed by atoms with Gasteiger partial charge in [-0.1, -0.05) is 35.9 Å². The van der Waals surface area contributed by atoms with Gasteiger partial charge in [0.2, 0.25) is 0 Å². The molecule has 2 aromatic carbocycles. The van der Waals surface area contributed by atoms with Crippen molar-refractivity contribution >= 4 is 11.7 Å². The molecule has 1 aromatic heterocycles. The number of hydrogen-bond donors (Lipinski definition) is 1. The fourth-order valence-corrected chi connectivity index (χ4v) is 2.41. The van der Waals surface area contributed by atoms with Crippen LogP contribution in [0, 0.1) is 19.7 Å². The zero-order valence-electron chi connectivity index (χ0n) is 13.6. The molecule has 0 aliphatic carbocycles. The Labute approximate surface area is 139 Å². The first-order valence-electron chi connectivity index (χ1n) is 7.69. The Hall–Kier alpha value is -2.95. The lowest BCUT2D eigenvalue weighted by atomic mass is 10.1. The molecule has 0 saturated heterocycles. The molecule has 0 atom stereocenters. The van der Waals surface area contributed by atoms with Crippen molar-refractivity contribution in [2.75, 3.05) is 5.32 Å². The van der Waals surface area contributed by atoms with Crippen molar-refractivity contribution in [3.63, 3.8) is 0 Å². The van der Waals surface area contributed by atoms with Crippen LogP contribution in [0.15, 0.2) is 54.6 Å². The molecular formula is C19H18FN3O. The van der Waals surface area contributed by atoms with E-state index < -0.39 is 0 Å². The third kappa shape index (κ3) is 3.51. The van der Waals surface area contributed by atoms with E-state index in [1.807, 2.05) is 26.0 Å². The van der Waals surface area contributed by atoms with E-state index in [0.717, 1.165) is 11.3 Å². The van der Waals surface area contributed by atoms with E-state index in [4.69, 9.17) is 0 Å². The molecule has 0 bridgehead atoms. The molecule has 3 aromatic rings. The van der Waals surface area contributed by atoms with Crippen molar-refractivity contribution in [3.05, 3.63) is 82.8 Å². The molecule has 5 heteroatoms. The first-order chi connectivity index (χ1) is 11.5. The van der Waals surface area contributed by atoms with Crippen LogP contribution in [-0.4, -0.2) is 15.7 Å². The van der Waals surface area contributed by atoms with Crippen molar-refractivity contribution in [3.8, 4) is 0 Å². The van der Waals surface area contributed by atoms with E-state index in [0.29, 0.717) is 23.5 Å². The number of anilines is 1. The van der Waals surface area contributed by atoms with E-state index in [1.54, 1.807) is 41.1 Å². The quantitative estimate of drug-likeness (QED) is 0.790. The Morgan fingerprint density at radius 1 is 1.12 bits per heavy atom. The molecule has 1 N–H and O–H groups in total. The molecule has 0 unspecified atom stereocenters. The maximum absolute atomic E-state index is 13.8. The van der Waals surface area contributed by atoms with E-state index in [9.17, 15) is 9.18 Å². The summed E-state index contributed by atoms with van der Waals surface area (Å²) in [5.74, 6) is -0.0300. The topological polar surface area (TPSA) is 46.9 Å². The van der Waals surface area contributed by atoms with Gasteiger partial charge in [-0.15, -0.1) is 0 Å². The highest BCUT2D eigenvalue weighted by Gasteiger charge is 2.11. The van der Waals surface area contributed by atoms with Gasteiger partial charge in [0, 0.05) is 22.9 Å². The largest absolute Gasteiger partial charge is 0.305 e. The second-order valence-electron chi connectivity index (χ2n) is 5.74. The predicted molar refractivity (Wildman–Crippen MR) is 91.6 cm³/mol. The van der Waals surface area contributed by atoms with Crippen LogP contribution in [0.25, 0.3) is 0 Å². The number of hydrogen-bond acceptors (Lipinski definition) is 2. The maximum atomic E-state index is 13.8. The normalized spacial score (nSPS) is 10.6. The summed E-state index contributed by atoms with van der Waals surface area (Å²) in [5.41, 5.74) is 3.07. The molecule has 0 spiro atoms. The molecule has 122 valence electrons. The molecule has 3 rings (SSSR count). The fraction of sp³-hybridized carbons (Fsp3) is 0.158. The molecular weight excluding hydrogens is 305 g/mol. The lowest BCUT2D eigenvalue weighted by molar-refractivity contribution is 0.102. The summed E-state index contributed by atoms with van der Waals surface area (Å²) >= 11 is 0. The number of benzene rings is 2. The van der Waals surface area contributed by atoms with Gasteiger partial charge in [0.05, 0.1) is 6.54 Å². The van der Waals surface area contributed by atoms with Crippen LogP contribution in [0.4, 0.5) is 10.2 Å². The first-order valence-corrected chi connectivity index (χ1v) is 7.69. The molecule has 0 aliphatic rings. The maximum Gasteiger partial charge on any atom is 0.256 e. The van der Waals surface area contributed by atoms with Gasteiger partial charge in [0.15, 0.2) is 5.82 Å². The summed E-state index contributed by atoms with van der Waals surface area (Å²) in [6.07, 6.45) is 0. The minimum atomic E-state index is -0.266. The summed E-state index contributed by atoms with van der Waals surface area (Å²) in [6.45, 7) is 4.16. The van der Waals surface area contributed by atoms with Gasteiger partial charge in [0.1, 0.15) is 5.82 Å². The van der Waals surface area contributed by atoms with Crippen molar-refractivity contribution in [1.82, 2.24) is 9.78 Å². The molecule has 0 saturated carbocycles. The van der Waals surface area contributed by atoms with Crippen molar-refractivity contribution in [1.29, 1.82) is 0 Å². The Morgan fingerprint density at radius 3 is 2.54 bits per heavy atom. The second kappa shape index (κ2) is 6.66. The number of rotatable bonds is 4. The summed E-state index contributed by atoms with van der Waals surface area (Å²) in [4.78, 5) is 12.2. The van der Waals surface area contributed by atoms with Crippen LogP contribution in [0.1, 0.15) is 27.2 Å². The minimum absolute atomic E-state index is 0.217. The number of halogens is 1. The summed E-state index contributed by atoms with van der Waals surface area (Å²) in [7, 11) is 0. The van der Waals surface area contributed by atoms with Gasteiger partial charge >= 0.3 is 0 Å². The van der Waals surface area contributed by atoms with Gasteiger partial charge < -0.3 is 5.32 Å². The Bertz CT molecular complexity index is 869. The zero-order chi connectivity index (χ0) is 17.1. The van der Waals surface area contributed by atoms with Crippen LogP contribution < -0.4 is 5.32 Å². The van der Waals surface area contributed by atoms with Crippen LogP contribution in [0.3, 0.4) is 0 Å². The SMILES string of the molecule is Cc1ccc(C(=O)Nc2cc(C)n(Cc3ccccc3F)n2)cc1. The van der Waals surface area contributed by atoms with E-state index in [-0.39, 0.29) is 11.7 Å². The first kappa shape index (κ1) is 15.9. The number of nitrogens with one attached hydrogen (secondary N) is 1. The van der Waals surface area contributed by atoms with Gasteiger partial charge in [-0.05, 0) is 32.0 Å². The second-order valence-corrected chi connectivity index (χ2v) is 5.74. The van der Waals surface area contributed by atoms with Gasteiger partial charge in [-0.3, -0.25) is 9.48 Å². The highest BCUT2D eigenvalue weighted by atomic mass is 19.1. The summed E-state index contributed by atoms with van der Waals surface area (Å²) < 4.78 is 15.4. The predicted octanol–water partition coefficient (Wildman–Crippen LogP) is 3.94. The van der Waals surface area contributed by atoms with Crippen molar-refractivity contribution in [2.24, 2.45) is 0 Å². The average Bonchev–Trinajstić information content (AvgIpc) is 2.89. The third-order valence-electron chi connectivity index (χ3n) is 3.81. The van der Waals surface area contributed by atoms with Gasteiger partial charge in [-0.2, -0.15) is 5.10 Å². The molecule has 1 amide bonds. The molecule has 0 radical (unpaired) electrons. The minimum Gasteiger partial charge on any atom is -0.305 e. The number of aryl methyl sites for hydroxylation is 2. The highest BCUT2D eigenvalue weighted by molar-refractivity contribution is 6.03. The van der Waals surface area contributed by atoms with Gasteiger partial charge in [0.25, 0.3) is 5.91 Å². The number of amides is 1. The average molecular weight is 323 g/mol. The van der Waals surface area contributed by atoms with Crippen LogP contribution in [0.5, 0.6) is 0 Å². The molecule has 1 heterocycles. The third-order valence-corrected chi connectivity index (χ3v) is 3.81. The lowest BCUT2D eigenvalue weighted by Crippen LogP contribution is -2.13. The van der Waals surface area contributed by atoms with Crippen molar-refractivity contribution < 1.29 is 9.18 Å². The number of carbonyl (C=O) groups is 1. The van der Waals surface area contributed by atoms with E-state index in [2.05, 4.69) is 10.4 Å². The highest BCUT2D eigenvalue weighted by Crippen LogP contribution is 2.14. The monoisotopic (exact) mass is 323 g/mol. The summed E-state index contributed by atoms with van der Waals surface area (Å²) in [6, 6.07) is 15.7. The van der Waals surface area contributed by atoms with Crippen molar-refractivity contribution in [2.45, 2.75) is 20.4 Å². The number of carbonyl (C=O) groups excluding carboxylic acids is 1. The lowest BCUT2D eigenvalue weighted by Gasteiger charge is -2.05. The molecule has 0 fully saturated rings. The standard InChI is InChI=1S/C19H18FN3O/c1-13-7-9-15(10-8-13)19(24)21-18-11-14(2)23(22-18)12-16-5-3-4-6-17(16)20/h3-11H,12H2,1-2H3,(H,21,22,24). The summed E-state index contributed by atoms with van der Waals surface area (Å²) in [5, 5.41) is 7.12.